The van der Waals surface area contributed by atoms with Crippen molar-refractivity contribution in [3.05, 3.63) is 41.0 Å². The number of fused-ring (bicyclic) bond motifs is 1. The van der Waals surface area contributed by atoms with E-state index in [-0.39, 0.29) is 0 Å². The van der Waals surface area contributed by atoms with E-state index in [1.54, 1.807) is 6.07 Å². The van der Waals surface area contributed by atoms with Gasteiger partial charge in [0.15, 0.2) is 0 Å². The van der Waals surface area contributed by atoms with Gasteiger partial charge in [0.25, 0.3) is 0 Å². The molecule has 0 aliphatic heterocycles. The van der Waals surface area contributed by atoms with Gasteiger partial charge in [-0.05, 0) is 30.5 Å². The van der Waals surface area contributed by atoms with E-state index in [1.165, 1.54) is 0 Å². The molecule has 1 aromatic heterocycles. The number of carboxylic acid groups (broad SMARTS) is 1. The molecule has 3 nitrogen and oxygen atoms in total. The second-order valence-electron chi connectivity index (χ2n) is 4.40. The Kier molecular flexibility index (Phi) is 2.13. The predicted octanol–water partition coefficient (Wildman–Crippen LogP) is 3.00. The molecule has 1 heterocycles. The van der Waals surface area contributed by atoms with E-state index >= 15 is 0 Å². The van der Waals surface area contributed by atoms with Crippen molar-refractivity contribution in [2.45, 2.75) is 18.3 Å². The molecule has 17 heavy (non-hydrogen) atoms. The molecular weight excluding hydrogens is 238 g/mol. The highest BCUT2D eigenvalue weighted by atomic mass is 35.5. The Morgan fingerprint density at radius 3 is 2.71 bits per heavy atom. The summed E-state index contributed by atoms with van der Waals surface area (Å²) in [5.41, 5.74) is 0.801. The van der Waals surface area contributed by atoms with E-state index in [1.807, 2.05) is 24.3 Å². The lowest BCUT2D eigenvalue weighted by Crippen LogP contribution is -2.20. The zero-order chi connectivity index (χ0) is 12.0. The van der Waals surface area contributed by atoms with Crippen LogP contribution in [-0.2, 0) is 10.2 Å². The number of para-hydroxylation sites is 1. The van der Waals surface area contributed by atoms with Crippen molar-refractivity contribution in [1.82, 2.24) is 4.98 Å². The normalized spacial score (nSPS) is 17.0. The molecule has 0 amide bonds. The van der Waals surface area contributed by atoms with Crippen LogP contribution in [0.4, 0.5) is 0 Å². The molecule has 0 atom stereocenters. The number of benzene rings is 1. The van der Waals surface area contributed by atoms with Gasteiger partial charge >= 0.3 is 5.97 Å². The highest BCUT2D eigenvalue weighted by molar-refractivity contribution is 6.30. The van der Waals surface area contributed by atoms with Gasteiger partial charge in [0.1, 0.15) is 5.15 Å². The van der Waals surface area contributed by atoms with E-state index in [2.05, 4.69) is 4.98 Å². The average Bonchev–Trinajstić information content (AvgIpc) is 3.09. The van der Waals surface area contributed by atoms with Gasteiger partial charge in [-0.2, -0.15) is 0 Å². The third kappa shape index (κ3) is 1.50. The molecule has 1 aliphatic rings. The summed E-state index contributed by atoms with van der Waals surface area (Å²) >= 11 is 5.96. The van der Waals surface area contributed by atoms with Crippen LogP contribution in [0.5, 0.6) is 0 Å². The van der Waals surface area contributed by atoms with Crippen LogP contribution in [0.1, 0.15) is 18.4 Å². The maximum atomic E-state index is 11.4. The summed E-state index contributed by atoms with van der Waals surface area (Å²) in [6.45, 7) is 0. The number of aliphatic carboxylic acids is 1. The van der Waals surface area contributed by atoms with Crippen molar-refractivity contribution in [1.29, 1.82) is 0 Å². The fourth-order valence-corrected chi connectivity index (χ4v) is 2.46. The first-order valence-electron chi connectivity index (χ1n) is 5.43. The summed E-state index contributed by atoms with van der Waals surface area (Å²) in [6.07, 6.45) is 1.35. The van der Waals surface area contributed by atoms with Gasteiger partial charge in [0, 0.05) is 5.39 Å². The summed E-state index contributed by atoms with van der Waals surface area (Å²) in [4.78, 5) is 15.6. The Bertz CT molecular complexity index is 620. The van der Waals surface area contributed by atoms with E-state index in [0.29, 0.717) is 18.0 Å². The van der Waals surface area contributed by atoms with E-state index in [4.69, 9.17) is 11.6 Å². The number of carbonyl (C=O) groups is 1. The average molecular weight is 248 g/mol. The van der Waals surface area contributed by atoms with Gasteiger partial charge in [0.2, 0.25) is 0 Å². The molecule has 1 saturated carbocycles. The van der Waals surface area contributed by atoms with Crippen LogP contribution in [0.25, 0.3) is 10.9 Å². The molecule has 0 radical (unpaired) electrons. The molecule has 2 aromatic rings. The molecule has 1 fully saturated rings. The van der Waals surface area contributed by atoms with Crippen molar-refractivity contribution in [2.75, 3.05) is 0 Å². The first-order chi connectivity index (χ1) is 8.13. The number of carboxylic acids is 1. The van der Waals surface area contributed by atoms with Crippen LogP contribution < -0.4 is 0 Å². The largest absolute Gasteiger partial charge is 0.481 e. The van der Waals surface area contributed by atoms with Crippen molar-refractivity contribution in [2.24, 2.45) is 0 Å². The van der Waals surface area contributed by atoms with Gasteiger partial charge < -0.3 is 5.11 Å². The van der Waals surface area contributed by atoms with Crippen molar-refractivity contribution < 1.29 is 9.90 Å². The molecule has 0 bridgehead atoms. The van der Waals surface area contributed by atoms with Gasteiger partial charge in [-0.1, -0.05) is 29.8 Å². The monoisotopic (exact) mass is 247 g/mol. The summed E-state index contributed by atoms with van der Waals surface area (Å²) in [5.74, 6) is -0.773. The highest BCUT2D eigenvalue weighted by Crippen LogP contribution is 2.50. The Labute approximate surface area is 103 Å². The molecule has 1 N–H and O–H groups in total. The van der Waals surface area contributed by atoms with Crippen molar-refractivity contribution in [3.8, 4) is 0 Å². The molecule has 4 heteroatoms. The molecule has 1 aromatic carbocycles. The molecule has 1 aliphatic carbocycles. The number of hydrogen-bond donors (Lipinski definition) is 1. The topological polar surface area (TPSA) is 50.2 Å². The Morgan fingerprint density at radius 1 is 1.35 bits per heavy atom. The molecular formula is C13H10ClNO2. The first kappa shape index (κ1) is 10.5. The maximum absolute atomic E-state index is 11.4. The standard InChI is InChI=1S/C13H10ClNO2/c14-11-7-9(13(5-6-13)12(16)17)8-3-1-2-4-10(8)15-11/h1-4,7H,5-6H2,(H,16,17). The molecule has 0 spiro atoms. The molecule has 0 unspecified atom stereocenters. The molecule has 86 valence electrons. The smallest absolute Gasteiger partial charge is 0.314 e. The van der Waals surface area contributed by atoms with Crippen LogP contribution in [0, 0.1) is 0 Å². The molecule has 0 saturated heterocycles. The molecule has 3 rings (SSSR count). The summed E-state index contributed by atoms with van der Waals surface area (Å²) in [6, 6.07) is 9.19. The minimum Gasteiger partial charge on any atom is -0.481 e. The first-order valence-corrected chi connectivity index (χ1v) is 5.80. The highest BCUT2D eigenvalue weighted by Gasteiger charge is 2.52. The zero-order valence-corrected chi connectivity index (χ0v) is 9.74. The zero-order valence-electron chi connectivity index (χ0n) is 8.98. The number of nitrogens with zero attached hydrogens (tertiary/aromatic N) is 1. The number of aromatic nitrogens is 1. The number of hydrogen-bond acceptors (Lipinski definition) is 2. The van der Waals surface area contributed by atoms with E-state index in [9.17, 15) is 9.90 Å². The third-order valence-corrected chi connectivity index (χ3v) is 3.55. The van der Waals surface area contributed by atoms with Crippen molar-refractivity contribution in [3.63, 3.8) is 0 Å². The summed E-state index contributed by atoms with van der Waals surface area (Å²) in [5, 5.41) is 10.6. The van der Waals surface area contributed by atoms with Gasteiger partial charge in [-0.25, -0.2) is 4.98 Å². The Hall–Kier alpha value is -1.61. The number of rotatable bonds is 2. The van der Waals surface area contributed by atoms with Crippen LogP contribution in [-0.4, -0.2) is 16.1 Å². The van der Waals surface area contributed by atoms with Gasteiger partial charge in [-0.3, -0.25) is 4.79 Å². The Morgan fingerprint density at radius 2 is 2.06 bits per heavy atom. The lowest BCUT2D eigenvalue weighted by molar-refractivity contribution is -0.139. The van der Waals surface area contributed by atoms with E-state index < -0.39 is 11.4 Å². The Balaban J connectivity index is 2.32. The number of halogens is 1. The predicted molar refractivity (Wildman–Crippen MR) is 65.3 cm³/mol. The van der Waals surface area contributed by atoms with Gasteiger partial charge in [-0.15, -0.1) is 0 Å². The van der Waals surface area contributed by atoms with Gasteiger partial charge in [0.05, 0.1) is 10.9 Å². The second-order valence-corrected chi connectivity index (χ2v) is 4.78. The fraction of sp³-hybridized carbons (Fsp3) is 0.231. The lowest BCUT2D eigenvalue weighted by atomic mass is 9.93. The lowest BCUT2D eigenvalue weighted by Gasteiger charge is -2.13. The summed E-state index contributed by atoms with van der Waals surface area (Å²) < 4.78 is 0. The van der Waals surface area contributed by atoms with Crippen LogP contribution in [0.3, 0.4) is 0 Å². The quantitative estimate of drug-likeness (QED) is 0.830. The SMILES string of the molecule is O=C(O)C1(c2cc(Cl)nc3ccccc23)CC1. The van der Waals surface area contributed by atoms with Crippen LogP contribution in [0.15, 0.2) is 30.3 Å². The maximum Gasteiger partial charge on any atom is 0.314 e. The van der Waals surface area contributed by atoms with E-state index in [0.717, 1.165) is 16.5 Å². The minimum absolute atomic E-state index is 0.353. The number of pyridine rings is 1. The third-order valence-electron chi connectivity index (χ3n) is 3.36. The second kappa shape index (κ2) is 3.44. The fourth-order valence-electron chi connectivity index (χ4n) is 2.26. The van der Waals surface area contributed by atoms with Crippen molar-refractivity contribution >= 4 is 28.5 Å². The minimum atomic E-state index is -0.773. The van der Waals surface area contributed by atoms with Crippen LogP contribution in [0.2, 0.25) is 5.15 Å². The summed E-state index contributed by atoms with van der Waals surface area (Å²) in [7, 11) is 0. The van der Waals surface area contributed by atoms with Crippen LogP contribution >= 0.6 is 11.6 Å².